The van der Waals surface area contributed by atoms with Gasteiger partial charge >= 0.3 is 0 Å². The van der Waals surface area contributed by atoms with E-state index in [1.54, 1.807) is 6.07 Å². The van der Waals surface area contributed by atoms with Gasteiger partial charge < -0.3 is 4.74 Å². The van der Waals surface area contributed by atoms with Crippen molar-refractivity contribution in [1.82, 2.24) is 0 Å². The van der Waals surface area contributed by atoms with E-state index in [1.807, 2.05) is 19.1 Å². The molecule has 0 saturated heterocycles. The first-order chi connectivity index (χ1) is 6.57. The average molecular weight is 190 g/mol. The predicted molar refractivity (Wildman–Crippen MR) is 54.9 cm³/mol. The van der Waals surface area contributed by atoms with E-state index in [0.29, 0.717) is 5.56 Å². The summed E-state index contributed by atoms with van der Waals surface area (Å²) in [6.07, 6.45) is 0.978. The molecule has 1 unspecified atom stereocenters. The summed E-state index contributed by atoms with van der Waals surface area (Å²) in [7, 11) is 0. The van der Waals surface area contributed by atoms with Crippen molar-refractivity contribution in [3.63, 3.8) is 0 Å². The molecule has 0 spiro atoms. The van der Waals surface area contributed by atoms with Crippen LogP contribution < -0.4 is 4.74 Å². The van der Waals surface area contributed by atoms with E-state index in [4.69, 9.17) is 4.74 Å². The van der Waals surface area contributed by atoms with Crippen LogP contribution in [0.2, 0.25) is 0 Å². The van der Waals surface area contributed by atoms with E-state index in [-0.39, 0.29) is 11.5 Å². The SMILES string of the molecule is CC1Oc2c(C=O)cccc2C1(C)C. The lowest BCUT2D eigenvalue weighted by atomic mass is 9.81. The molecule has 0 fully saturated rings. The largest absolute Gasteiger partial charge is 0.489 e. The topological polar surface area (TPSA) is 26.3 Å². The summed E-state index contributed by atoms with van der Waals surface area (Å²) in [4.78, 5) is 10.8. The van der Waals surface area contributed by atoms with Crippen molar-refractivity contribution in [3.05, 3.63) is 29.3 Å². The quantitative estimate of drug-likeness (QED) is 0.636. The highest BCUT2D eigenvalue weighted by Crippen LogP contribution is 2.43. The lowest BCUT2D eigenvalue weighted by molar-refractivity contribution is 0.111. The molecule has 0 saturated carbocycles. The van der Waals surface area contributed by atoms with Crippen LogP contribution in [0, 0.1) is 0 Å². The fourth-order valence-electron chi connectivity index (χ4n) is 1.83. The number of aldehydes is 1. The second-order valence-electron chi connectivity index (χ2n) is 4.32. The number of carbonyl (C=O) groups is 1. The van der Waals surface area contributed by atoms with Crippen molar-refractivity contribution in [3.8, 4) is 5.75 Å². The first-order valence-electron chi connectivity index (χ1n) is 4.82. The summed E-state index contributed by atoms with van der Waals surface area (Å²) in [6.45, 7) is 6.31. The number of rotatable bonds is 1. The molecule has 1 aromatic carbocycles. The number of para-hydroxylation sites is 1. The Bertz CT molecular complexity index is 380. The lowest BCUT2D eigenvalue weighted by Crippen LogP contribution is -2.28. The minimum absolute atomic E-state index is 0.00560. The van der Waals surface area contributed by atoms with Gasteiger partial charge in [0.05, 0.1) is 5.56 Å². The van der Waals surface area contributed by atoms with Crippen LogP contribution in [0.4, 0.5) is 0 Å². The Morgan fingerprint density at radius 3 is 2.79 bits per heavy atom. The molecule has 14 heavy (non-hydrogen) atoms. The summed E-state index contributed by atoms with van der Waals surface area (Å²) in [5, 5.41) is 0. The van der Waals surface area contributed by atoms with Crippen LogP contribution in [0.5, 0.6) is 5.75 Å². The number of benzene rings is 1. The Hall–Kier alpha value is -1.31. The number of ether oxygens (including phenoxy) is 1. The van der Waals surface area contributed by atoms with Gasteiger partial charge in [0.25, 0.3) is 0 Å². The van der Waals surface area contributed by atoms with Crippen molar-refractivity contribution in [1.29, 1.82) is 0 Å². The fraction of sp³-hybridized carbons (Fsp3) is 0.417. The molecule has 2 heteroatoms. The molecule has 1 aliphatic heterocycles. The number of hydrogen-bond donors (Lipinski definition) is 0. The molecule has 2 nitrogen and oxygen atoms in total. The normalized spacial score (nSPS) is 22.6. The molecule has 0 amide bonds. The van der Waals surface area contributed by atoms with Gasteiger partial charge in [-0.15, -0.1) is 0 Å². The zero-order chi connectivity index (χ0) is 10.3. The lowest BCUT2D eigenvalue weighted by Gasteiger charge is -2.21. The van der Waals surface area contributed by atoms with E-state index < -0.39 is 0 Å². The predicted octanol–water partition coefficient (Wildman–Crippen LogP) is 2.56. The summed E-state index contributed by atoms with van der Waals surface area (Å²) in [5.41, 5.74) is 1.78. The van der Waals surface area contributed by atoms with Gasteiger partial charge in [-0.3, -0.25) is 4.79 Å². The summed E-state index contributed by atoms with van der Waals surface area (Å²) in [5.74, 6) is 0.764. The molecule has 1 aromatic rings. The Morgan fingerprint density at radius 2 is 2.14 bits per heavy atom. The first kappa shape index (κ1) is 9.25. The number of carbonyl (C=O) groups excluding carboxylic acids is 1. The van der Waals surface area contributed by atoms with Crippen LogP contribution in [0.25, 0.3) is 0 Å². The molecule has 0 radical (unpaired) electrons. The van der Waals surface area contributed by atoms with Crippen molar-refractivity contribution in [2.75, 3.05) is 0 Å². The highest BCUT2D eigenvalue weighted by Gasteiger charge is 2.39. The molecular weight excluding hydrogens is 176 g/mol. The Morgan fingerprint density at radius 1 is 1.43 bits per heavy atom. The maximum atomic E-state index is 10.8. The van der Waals surface area contributed by atoms with Gasteiger partial charge in [-0.2, -0.15) is 0 Å². The second-order valence-corrected chi connectivity index (χ2v) is 4.32. The Labute approximate surface area is 83.9 Å². The molecule has 0 aliphatic carbocycles. The Balaban J connectivity index is 2.63. The molecule has 74 valence electrons. The molecule has 1 aliphatic rings. The molecule has 1 heterocycles. The molecule has 1 atom stereocenters. The maximum Gasteiger partial charge on any atom is 0.153 e. The van der Waals surface area contributed by atoms with E-state index in [2.05, 4.69) is 13.8 Å². The summed E-state index contributed by atoms with van der Waals surface area (Å²) >= 11 is 0. The van der Waals surface area contributed by atoms with Crippen molar-refractivity contribution >= 4 is 6.29 Å². The van der Waals surface area contributed by atoms with Gasteiger partial charge in [-0.05, 0) is 13.0 Å². The first-order valence-corrected chi connectivity index (χ1v) is 4.82. The smallest absolute Gasteiger partial charge is 0.153 e. The van der Waals surface area contributed by atoms with Crippen molar-refractivity contribution in [2.24, 2.45) is 0 Å². The van der Waals surface area contributed by atoms with E-state index >= 15 is 0 Å². The van der Waals surface area contributed by atoms with Gasteiger partial charge in [-0.1, -0.05) is 26.0 Å². The fourth-order valence-corrected chi connectivity index (χ4v) is 1.83. The summed E-state index contributed by atoms with van der Waals surface area (Å²) in [6, 6.07) is 5.73. The minimum Gasteiger partial charge on any atom is -0.489 e. The second kappa shape index (κ2) is 2.84. The standard InChI is InChI=1S/C12H14O2/c1-8-12(2,3)10-6-4-5-9(7-13)11(10)14-8/h4-8H,1-3H3. The third-order valence-corrected chi connectivity index (χ3v) is 3.18. The molecule has 0 N–H and O–H groups in total. The van der Waals surface area contributed by atoms with E-state index in [1.165, 1.54) is 0 Å². The van der Waals surface area contributed by atoms with Gasteiger partial charge in [0, 0.05) is 11.0 Å². The monoisotopic (exact) mass is 190 g/mol. The third kappa shape index (κ3) is 1.07. The maximum absolute atomic E-state index is 10.8. The van der Waals surface area contributed by atoms with Crippen LogP contribution in [0.1, 0.15) is 36.7 Å². The van der Waals surface area contributed by atoms with E-state index in [0.717, 1.165) is 17.6 Å². The highest BCUT2D eigenvalue weighted by atomic mass is 16.5. The van der Waals surface area contributed by atoms with Crippen LogP contribution in [-0.2, 0) is 5.41 Å². The molecule has 0 bridgehead atoms. The van der Waals surface area contributed by atoms with Crippen LogP contribution in [-0.4, -0.2) is 12.4 Å². The van der Waals surface area contributed by atoms with Crippen molar-refractivity contribution < 1.29 is 9.53 Å². The number of hydrogen-bond acceptors (Lipinski definition) is 2. The zero-order valence-electron chi connectivity index (χ0n) is 8.70. The molecular formula is C12H14O2. The molecule has 2 rings (SSSR count). The minimum atomic E-state index is -0.00560. The van der Waals surface area contributed by atoms with E-state index in [9.17, 15) is 4.79 Å². The summed E-state index contributed by atoms with van der Waals surface area (Å²) < 4.78 is 5.71. The Kier molecular flexibility index (Phi) is 1.88. The molecule has 0 aromatic heterocycles. The van der Waals surface area contributed by atoms with Crippen LogP contribution in [0.3, 0.4) is 0 Å². The van der Waals surface area contributed by atoms with Gasteiger partial charge in [-0.25, -0.2) is 0 Å². The average Bonchev–Trinajstić information content (AvgIpc) is 2.39. The van der Waals surface area contributed by atoms with Gasteiger partial charge in [0.1, 0.15) is 11.9 Å². The van der Waals surface area contributed by atoms with Crippen LogP contribution in [0.15, 0.2) is 18.2 Å². The van der Waals surface area contributed by atoms with Crippen molar-refractivity contribution in [2.45, 2.75) is 32.3 Å². The van der Waals surface area contributed by atoms with Gasteiger partial charge in [0.2, 0.25) is 0 Å². The number of fused-ring (bicyclic) bond motifs is 1. The van der Waals surface area contributed by atoms with Crippen LogP contribution >= 0.6 is 0 Å². The third-order valence-electron chi connectivity index (χ3n) is 3.18. The zero-order valence-corrected chi connectivity index (χ0v) is 8.70. The van der Waals surface area contributed by atoms with Gasteiger partial charge in [0.15, 0.2) is 6.29 Å². The highest BCUT2D eigenvalue weighted by molar-refractivity contribution is 5.81.